The van der Waals surface area contributed by atoms with Gasteiger partial charge in [-0.25, -0.2) is 4.39 Å². The number of halogens is 1. The first-order valence-corrected chi connectivity index (χ1v) is 8.15. The number of nitrogens with zero attached hydrogens (tertiary/aromatic N) is 1. The molecule has 122 valence electrons. The Morgan fingerprint density at radius 3 is 2.74 bits per heavy atom. The molecule has 1 saturated heterocycles. The predicted octanol–water partition coefficient (Wildman–Crippen LogP) is 3.46. The predicted molar refractivity (Wildman–Crippen MR) is 86.0 cm³/mol. The van der Waals surface area contributed by atoms with Crippen molar-refractivity contribution in [1.29, 1.82) is 0 Å². The molecule has 1 fully saturated rings. The van der Waals surface area contributed by atoms with Crippen LogP contribution in [0.2, 0.25) is 0 Å². The minimum absolute atomic E-state index is 0.0888. The Hall–Kier alpha value is -2.17. The first-order valence-electron chi connectivity index (χ1n) is 8.15. The Morgan fingerprint density at radius 1 is 1.30 bits per heavy atom. The van der Waals surface area contributed by atoms with E-state index in [2.05, 4.69) is 5.32 Å². The molecule has 1 aliphatic heterocycles. The SMILES string of the molecule is CCN1C(=O)CCC2(C(=O)Nc3ccc(F)cc3)CCCC=C12. The maximum Gasteiger partial charge on any atom is 0.236 e. The van der Waals surface area contributed by atoms with Gasteiger partial charge in [-0.15, -0.1) is 0 Å². The highest BCUT2D eigenvalue weighted by Gasteiger charge is 2.49. The summed E-state index contributed by atoms with van der Waals surface area (Å²) in [7, 11) is 0. The maximum atomic E-state index is 13.0. The lowest BCUT2D eigenvalue weighted by Crippen LogP contribution is -2.51. The van der Waals surface area contributed by atoms with Crippen molar-refractivity contribution in [3.63, 3.8) is 0 Å². The highest BCUT2D eigenvalue weighted by molar-refractivity contribution is 5.99. The highest BCUT2D eigenvalue weighted by atomic mass is 19.1. The summed E-state index contributed by atoms with van der Waals surface area (Å²) in [5, 5.41) is 2.90. The van der Waals surface area contributed by atoms with Crippen LogP contribution in [0.5, 0.6) is 0 Å². The van der Waals surface area contributed by atoms with E-state index in [4.69, 9.17) is 0 Å². The molecule has 0 saturated carbocycles. The summed E-state index contributed by atoms with van der Waals surface area (Å²) in [5.41, 5.74) is 0.786. The topological polar surface area (TPSA) is 49.4 Å². The fourth-order valence-corrected chi connectivity index (χ4v) is 3.65. The van der Waals surface area contributed by atoms with Crippen molar-refractivity contribution in [2.45, 2.75) is 39.0 Å². The van der Waals surface area contributed by atoms with E-state index in [1.54, 1.807) is 17.0 Å². The van der Waals surface area contributed by atoms with Crippen LogP contribution in [0.25, 0.3) is 0 Å². The molecule has 1 heterocycles. The van der Waals surface area contributed by atoms with Gasteiger partial charge in [-0.1, -0.05) is 6.08 Å². The number of hydrogen-bond donors (Lipinski definition) is 1. The molecule has 2 amide bonds. The highest BCUT2D eigenvalue weighted by Crippen LogP contribution is 2.47. The summed E-state index contributed by atoms with van der Waals surface area (Å²) in [4.78, 5) is 26.9. The Morgan fingerprint density at radius 2 is 2.04 bits per heavy atom. The van der Waals surface area contributed by atoms with Crippen LogP contribution in [0, 0.1) is 11.2 Å². The molecule has 0 bridgehead atoms. The first kappa shape index (κ1) is 15.7. The maximum absolute atomic E-state index is 13.0. The number of anilines is 1. The van der Waals surface area contributed by atoms with Gasteiger partial charge in [0.05, 0.1) is 5.41 Å². The van der Waals surface area contributed by atoms with Crippen molar-refractivity contribution in [1.82, 2.24) is 4.90 Å². The molecule has 0 spiro atoms. The third-order valence-corrected chi connectivity index (χ3v) is 4.85. The van der Waals surface area contributed by atoms with Gasteiger partial charge in [-0.2, -0.15) is 0 Å². The molecule has 0 aromatic heterocycles. The Balaban J connectivity index is 1.90. The van der Waals surface area contributed by atoms with E-state index < -0.39 is 5.41 Å². The molecule has 0 radical (unpaired) electrons. The zero-order valence-corrected chi connectivity index (χ0v) is 13.3. The molecule has 4 nitrogen and oxygen atoms in total. The summed E-state index contributed by atoms with van der Waals surface area (Å²) in [6.07, 6.45) is 5.55. The Kier molecular flexibility index (Phi) is 4.20. The lowest BCUT2D eigenvalue weighted by Gasteiger charge is -2.45. The number of carbonyl (C=O) groups is 2. The minimum Gasteiger partial charge on any atom is -0.325 e. The van der Waals surface area contributed by atoms with Crippen molar-refractivity contribution in [3.8, 4) is 0 Å². The lowest BCUT2D eigenvalue weighted by molar-refractivity contribution is -0.138. The Labute approximate surface area is 135 Å². The summed E-state index contributed by atoms with van der Waals surface area (Å²) in [5.74, 6) is -0.341. The number of carbonyl (C=O) groups excluding carboxylic acids is 2. The zero-order valence-electron chi connectivity index (χ0n) is 13.3. The third-order valence-electron chi connectivity index (χ3n) is 4.85. The van der Waals surface area contributed by atoms with Crippen LogP contribution < -0.4 is 5.32 Å². The van der Waals surface area contributed by atoms with Gasteiger partial charge in [0, 0.05) is 24.4 Å². The molecular weight excluding hydrogens is 295 g/mol. The van der Waals surface area contributed by atoms with Crippen LogP contribution in [-0.2, 0) is 9.59 Å². The van der Waals surface area contributed by atoms with E-state index in [1.807, 2.05) is 13.0 Å². The number of rotatable bonds is 3. The number of piperidine rings is 1. The van der Waals surface area contributed by atoms with E-state index in [9.17, 15) is 14.0 Å². The van der Waals surface area contributed by atoms with Gasteiger partial charge in [-0.05, 0) is 56.9 Å². The van der Waals surface area contributed by atoms with Crippen molar-refractivity contribution >= 4 is 17.5 Å². The van der Waals surface area contributed by atoms with Crippen LogP contribution in [0.15, 0.2) is 36.0 Å². The average Bonchev–Trinajstić information content (AvgIpc) is 2.57. The van der Waals surface area contributed by atoms with Crippen molar-refractivity contribution in [3.05, 3.63) is 41.9 Å². The second-order valence-electron chi connectivity index (χ2n) is 6.16. The monoisotopic (exact) mass is 316 g/mol. The number of allylic oxidation sites excluding steroid dienone is 1. The van der Waals surface area contributed by atoms with Crippen molar-refractivity contribution < 1.29 is 14.0 Å². The smallest absolute Gasteiger partial charge is 0.236 e. The van der Waals surface area contributed by atoms with Gasteiger partial charge in [0.2, 0.25) is 11.8 Å². The van der Waals surface area contributed by atoms with E-state index in [1.165, 1.54) is 12.1 Å². The fraction of sp³-hybridized carbons (Fsp3) is 0.444. The van der Waals surface area contributed by atoms with E-state index in [0.717, 1.165) is 25.0 Å². The van der Waals surface area contributed by atoms with Gasteiger partial charge in [0.25, 0.3) is 0 Å². The van der Waals surface area contributed by atoms with Crippen molar-refractivity contribution in [2.75, 3.05) is 11.9 Å². The van der Waals surface area contributed by atoms with Gasteiger partial charge in [-0.3, -0.25) is 9.59 Å². The number of nitrogens with one attached hydrogen (secondary N) is 1. The molecule has 1 aromatic carbocycles. The molecule has 23 heavy (non-hydrogen) atoms. The Bertz CT molecular complexity index is 653. The number of benzene rings is 1. The molecule has 1 atom stereocenters. The minimum atomic E-state index is -0.642. The van der Waals surface area contributed by atoms with Crippen LogP contribution in [0.4, 0.5) is 10.1 Å². The number of hydrogen-bond acceptors (Lipinski definition) is 2. The number of fused-ring (bicyclic) bond motifs is 1. The molecular formula is C18H21FN2O2. The lowest BCUT2D eigenvalue weighted by atomic mass is 9.69. The standard InChI is InChI=1S/C18H21FN2O2/c1-2-21-15-5-3-4-11-18(15,12-10-16(21)22)17(23)20-14-8-6-13(19)7-9-14/h5-9H,2-4,10-12H2,1H3,(H,20,23). The van der Waals surface area contributed by atoms with Gasteiger partial charge in [0.15, 0.2) is 0 Å². The quantitative estimate of drug-likeness (QED) is 0.928. The molecule has 1 unspecified atom stereocenters. The summed E-state index contributed by atoms with van der Waals surface area (Å²) < 4.78 is 13.0. The summed E-state index contributed by atoms with van der Waals surface area (Å²) in [6, 6.07) is 5.77. The molecule has 5 heteroatoms. The number of amides is 2. The fourth-order valence-electron chi connectivity index (χ4n) is 3.65. The molecule has 3 rings (SSSR count). The van der Waals surface area contributed by atoms with Gasteiger partial charge in [0.1, 0.15) is 5.82 Å². The average molecular weight is 316 g/mol. The van der Waals surface area contributed by atoms with E-state index in [-0.39, 0.29) is 17.6 Å². The third kappa shape index (κ3) is 2.76. The van der Waals surface area contributed by atoms with Crippen LogP contribution >= 0.6 is 0 Å². The van der Waals surface area contributed by atoms with Crippen LogP contribution in [-0.4, -0.2) is 23.3 Å². The normalized spacial score (nSPS) is 24.0. The second kappa shape index (κ2) is 6.14. The second-order valence-corrected chi connectivity index (χ2v) is 6.16. The first-order chi connectivity index (χ1) is 11.1. The van der Waals surface area contributed by atoms with Gasteiger partial charge >= 0.3 is 0 Å². The van der Waals surface area contributed by atoms with E-state index in [0.29, 0.717) is 25.1 Å². The van der Waals surface area contributed by atoms with Crippen LogP contribution in [0.1, 0.15) is 39.0 Å². The van der Waals surface area contributed by atoms with E-state index >= 15 is 0 Å². The number of likely N-dealkylation sites (tertiary alicyclic amines) is 1. The molecule has 1 N–H and O–H groups in total. The van der Waals surface area contributed by atoms with Crippen LogP contribution in [0.3, 0.4) is 0 Å². The van der Waals surface area contributed by atoms with Gasteiger partial charge < -0.3 is 10.2 Å². The largest absolute Gasteiger partial charge is 0.325 e. The summed E-state index contributed by atoms with van der Waals surface area (Å²) >= 11 is 0. The molecule has 2 aliphatic rings. The molecule has 1 aliphatic carbocycles. The van der Waals surface area contributed by atoms with Crippen molar-refractivity contribution in [2.24, 2.45) is 5.41 Å². The zero-order chi connectivity index (χ0) is 16.4. The molecule has 1 aromatic rings. The summed E-state index contributed by atoms with van der Waals surface area (Å²) in [6.45, 7) is 2.51.